The Kier molecular flexibility index (Phi) is 7.01. The molecule has 0 bridgehead atoms. The normalized spacial score (nSPS) is 11.4. The summed E-state index contributed by atoms with van der Waals surface area (Å²) in [6, 6.07) is 17.1. The SMILES string of the molecule is COc1ccc(CNC(=O)[C@@H](C)OC(=O)CCc2ccccc2)cc1. The van der Waals surface area contributed by atoms with Gasteiger partial charge in [0.05, 0.1) is 7.11 Å². The maximum Gasteiger partial charge on any atom is 0.306 e. The van der Waals surface area contributed by atoms with Gasteiger partial charge in [0, 0.05) is 13.0 Å². The molecule has 1 N–H and O–H groups in total. The number of nitrogens with one attached hydrogen (secondary N) is 1. The summed E-state index contributed by atoms with van der Waals surface area (Å²) in [6.45, 7) is 1.94. The maximum atomic E-state index is 12.0. The van der Waals surface area contributed by atoms with Crippen molar-refractivity contribution in [2.45, 2.75) is 32.4 Å². The van der Waals surface area contributed by atoms with E-state index in [-0.39, 0.29) is 18.3 Å². The molecule has 5 heteroatoms. The van der Waals surface area contributed by atoms with Gasteiger partial charge in [-0.1, -0.05) is 42.5 Å². The molecule has 5 nitrogen and oxygen atoms in total. The van der Waals surface area contributed by atoms with E-state index in [2.05, 4.69) is 5.32 Å². The zero-order valence-corrected chi connectivity index (χ0v) is 14.5. The first-order chi connectivity index (χ1) is 12.1. The monoisotopic (exact) mass is 341 g/mol. The quantitative estimate of drug-likeness (QED) is 0.750. The molecule has 0 saturated carbocycles. The van der Waals surface area contributed by atoms with Crippen LogP contribution in [0.3, 0.4) is 0 Å². The topological polar surface area (TPSA) is 64.6 Å². The van der Waals surface area contributed by atoms with Crippen LogP contribution in [0.2, 0.25) is 0 Å². The van der Waals surface area contributed by atoms with E-state index in [1.807, 2.05) is 54.6 Å². The lowest BCUT2D eigenvalue weighted by Crippen LogP contribution is -2.35. The van der Waals surface area contributed by atoms with Gasteiger partial charge in [0.15, 0.2) is 6.10 Å². The zero-order valence-electron chi connectivity index (χ0n) is 14.5. The number of benzene rings is 2. The van der Waals surface area contributed by atoms with E-state index < -0.39 is 6.10 Å². The molecule has 0 aliphatic carbocycles. The van der Waals surface area contributed by atoms with Crippen LogP contribution < -0.4 is 10.1 Å². The first-order valence-corrected chi connectivity index (χ1v) is 8.22. The fourth-order valence-corrected chi connectivity index (χ4v) is 2.28. The Labute approximate surface area is 148 Å². The first kappa shape index (κ1) is 18.5. The van der Waals surface area contributed by atoms with Crippen LogP contribution in [0.4, 0.5) is 0 Å². The summed E-state index contributed by atoms with van der Waals surface area (Å²) in [6.07, 6.45) is 0.0292. The van der Waals surface area contributed by atoms with Crippen molar-refractivity contribution in [2.75, 3.05) is 7.11 Å². The highest BCUT2D eigenvalue weighted by Crippen LogP contribution is 2.11. The molecular weight excluding hydrogens is 318 g/mol. The van der Waals surface area contributed by atoms with Crippen molar-refractivity contribution in [2.24, 2.45) is 0 Å². The second-order valence-corrected chi connectivity index (χ2v) is 5.68. The van der Waals surface area contributed by atoms with Gasteiger partial charge >= 0.3 is 5.97 Å². The van der Waals surface area contributed by atoms with Crippen molar-refractivity contribution in [3.8, 4) is 5.75 Å². The molecule has 0 saturated heterocycles. The highest BCUT2D eigenvalue weighted by Gasteiger charge is 2.17. The van der Waals surface area contributed by atoms with E-state index in [1.165, 1.54) is 0 Å². The average Bonchev–Trinajstić information content (AvgIpc) is 2.65. The molecule has 0 heterocycles. The third-order valence-electron chi connectivity index (χ3n) is 3.76. The van der Waals surface area contributed by atoms with Gasteiger partial charge in [-0.05, 0) is 36.6 Å². The minimum atomic E-state index is -0.818. The third kappa shape index (κ3) is 6.30. The molecule has 0 aromatic heterocycles. The molecule has 2 rings (SSSR count). The third-order valence-corrected chi connectivity index (χ3v) is 3.76. The second-order valence-electron chi connectivity index (χ2n) is 5.68. The van der Waals surface area contributed by atoms with Crippen molar-refractivity contribution in [3.63, 3.8) is 0 Å². The molecule has 0 aliphatic rings. The Hall–Kier alpha value is -2.82. The van der Waals surface area contributed by atoms with Crippen molar-refractivity contribution in [3.05, 3.63) is 65.7 Å². The smallest absolute Gasteiger partial charge is 0.306 e. The Morgan fingerprint density at radius 1 is 1.00 bits per heavy atom. The minimum Gasteiger partial charge on any atom is -0.497 e. The molecule has 0 unspecified atom stereocenters. The summed E-state index contributed by atoms with van der Waals surface area (Å²) in [5.41, 5.74) is 2.01. The minimum absolute atomic E-state index is 0.250. The van der Waals surface area contributed by atoms with Crippen LogP contribution in [0.1, 0.15) is 24.5 Å². The number of carbonyl (C=O) groups excluding carboxylic acids is 2. The van der Waals surface area contributed by atoms with Crippen molar-refractivity contribution < 1.29 is 19.1 Å². The molecule has 0 radical (unpaired) electrons. The number of rotatable bonds is 8. The molecule has 132 valence electrons. The van der Waals surface area contributed by atoms with Gasteiger partial charge in [0.1, 0.15) is 5.75 Å². The van der Waals surface area contributed by atoms with Crippen LogP contribution in [-0.4, -0.2) is 25.1 Å². The predicted octanol–water partition coefficient (Wildman–Crippen LogP) is 2.88. The molecular formula is C20H23NO4. The van der Waals surface area contributed by atoms with Gasteiger partial charge in [0.25, 0.3) is 5.91 Å². The molecule has 2 aromatic rings. The van der Waals surface area contributed by atoms with Crippen LogP contribution in [0.5, 0.6) is 5.75 Å². The molecule has 0 aliphatic heterocycles. The van der Waals surface area contributed by atoms with Crippen LogP contribution >= 0.6 is 0 Å². The Bertz CT molecular complexity index is 683. The van der Waals surface area contributed by atoms with E-state index >= 15 is 0 Å². The summed E-state index contributed by atoms with van der Waals surface area (Å²) in [5.74, 6) is 0.0654. The lowest BCUT2D eigenvalue weighted by molar-refractivity contribution is -0.154. The average molecular weight is 341 g/mol. The fraction of sp³-hybridized carbons (Fsp3) is 0.300. The highest BCUT2D eigenvalue weighted by molar-refractivity contribution is 5.83. The Balaban J connectivity index is 1.72. The van der Waals surface area contributed by atoms with E-state index in [9.17, 15) is 9.59 Å². The summed E-state index contributed by atoms with van der Waals surface area (Å²) in [4.78, 5) is 23.9. The number of methoxy groups -OCH3 is 1. The maximum absolute atomic E-state index is 12.0. The van der Waals surface area contributed by atoms with E-state index in [1.54, 1.807) is 14.0 Å². The molecule has 25 heavy (non-hydrogen) atoms. The van der Waals surface area contributed by atoms with E-state index in [0.29, 0.717) is 13.0 Å². The molecule has 1 amide bonds. The number of ether oxygens (including phenoxy) is 2. The second kappa shape index (κ2) is 9.47. The lowest BCUT2D eigenvalue weighted by atomic mass is 10.1. The molecule has 2 aromatic carbocycles. The number of carbonyl (C=O) groups is 2. The van der Waals surface area contributed by atoms with Crippen LogP contribution in [0.25, 0.3) is 0 Å². The highest BCUT2D eigenvalue weighted by atomic mass is 16.5. The van der Waals surface area contributed by atoms with Gasteiger partial charge in [0.2, 0.25) is 0 Å². The summed E-state index contributed by atoms with van der Waals surface area (Å²) in [7, 11) is 1.60. The van der Waals surface area contributed by atoms with Gasteiger partial charge in [-0.3, -0.25) is 9.59 Å². The van der Waals surface area contributed by atoms with Crippen LogP contribution in [0, 0.1) is 0 Å². The zero-order chi connectivity index (χ0) is 18.1. The summed E-state index contributed by atoms with van der Waals surface area (Å²) >= 11 is 0. The van der Waals surface area contributed by atoms with E-state index in [0.717, 1.165) is 16.9 Å². The van der Waals surface area contributed by atoms with Crippen molar-refractivity contribution in [1.82, 2.24) is 5.32 Å². The molecule has 1 atom stereocenters. The predicted molar refractivity (Wildman–Crippen MR) is 95.2 cm³/mol. The van der Waals surface area contributed by atoms with Gasteiger partial charge in [-0.2, -0.15) is 0 Å². The van der Waals surface area contributed by atoms with Crippen molar-refractivity contribution >= 4 is 11.9 Å². The Morgan fingerprint density at radius 2 is 1.68 bits per heavy atom. The van der Waals surface area contributed by atoms with Gasteiger partial charge in [-0.15, -0.1) is 0 Å². The van der Waals surface area contributed by atoms with Gasteiger partial charge < -0.3 is 14.8 Å². The number of aryl methyl sites for hydroxylation is 1. The van der Waals surface area contributed by atoms with Crippen molar-refractivity contribution in [1.29, 1.82) is 0 Å². The lowest BCUT2D eigenvalue weighted by Gasteiger charge is -2.13. The summed E-state index contributed by atoms with van der Waals surface area (Å²) < 4.78 is 10.3. The molecule has 0 fully saturated rings. The van der Waals surface area contributed by atoms with Gasteiger partial charge in [-0.25, -0.2) is 0 Å². The molecule has 0 spiro atoms. The number of amides is 1. The standard InChI is InChI=1S/C20H23NO4/c1-15(25-19(22)13-10-16-6-4-3-5-7-16)20(23)21-14-17-8-11-18(24-2)12-9-17/h3-9,11-12,15H,10,13-14H2,1-2H3,(H,21,23)/t15-/m1/s1. The van der Waals surface area contributed by atoms with Crippen LogP contribution in [0.15, 0.2) is 54.6 Å². The van der Waals surface area contributed by atoms with E-state index in [4.69, 9.17) is 9.47 Å². The number of esters is 1. The summed E-state index contributed by atoms with van der Waals surface area (Å²) in [5, 5.41) is 2.76. The largest absolute Gasteiger partial charge is 0.497 e. The number of hydrogen-bond donors (Lipinski definition) is 1. The number of hydrogen-bond acceptors (Lipinski definition) is 4. The first-order valence-electron chi connectivity index (χ1n) is 8.22. The Morgan fingerprint density at radius 3 is 2.32 bits per heavy atom. The van der Waals surface area contributed by atoms with Crippen LogP contribution in [-0.2, 0) is 27.3 Å². The fourth-order valence-electron chi connectivity index (χ4n) is 2.28.